The number of nitrogens with one attached hydrogen (secondary N) is 1. The van der Waals surface area contributed by atoms with E-state index in [0.29, 0.717) is 16.8 Å². The maximum absolute atomic E-state index is 12.7. The normalized spacial score (nSPS) is 15.0. The van der Waals surface area contributed by atoms with Gasteiger partial charge in [0.25, 0.3) is 0 Å². The van der Waals surface area contributed by atoms with E-state index in [9.17, 15) is 4.79 Å². The van der Waals surface area contributed by atoms with Crippen LogP contribution in [0.5, 0.6) is 0 Å². The summed E-state index contributed by atoms with van der Waals surface area (Å²) in [6, 6.07) is 9.98. The molecule has 0 radical (unpaired) electrons. The van der Waals surface area contributed by atoms with Crippen LogP contribution in [0.4, 0.5) is 5.13 Å². The van der Waals surface area contributed by atoms with Crippen LogP contribution in [-0.4, -0.2) is 15.9 Å². The number of nitrogens with zero attached hydrogens (tertiary/aromatic N) is 2. The third kappa shape index (κ3) is 3.54. The minimum atomic E-state index is -0.380. The average molecular weight is 386 g/mol. The van der Waals surface area contributed by atoms with Crippen LogP contribution in [0.3, 0.4) is 0 Å². The largest absolute Gasteiger partial charge is 0.445 e. The first-order valence-corrected chi connectivity index (χ1v) is 10.4. The van der Waals surface area contributed by atoms with Gasteiger partial charge in [0.15, 0.2) is 5.13 Å². The van der Waals surface area contributed by atoms with Crippen LogP contribution in [0.15, 0.2) is 51.4 Å². The molecule has 0 atom stereocenters. The molecule has 0 saturated heterocycles. The molecular weight excluding hydrogens is 366 g/mol. The van der Waals surface area contributed by atoms with Crippen molar-refractivity contribution in [3.8, 4) is 0 Å². The summed E-state index contributed by atoms with van der Waals surface area (Å²) in [5.74, 6) is 2.30. The number of carbonyl (C=O) groups is 1. The Morgan fingerprint density at radius 3 is 2.77 bits per heavy atom. The van der Waals surface area contributed by atoms with Gasteiger partial charge >= 0.3 is 0 Å². The average Bonchev–Trinajstić information content (AvgIpc) is 3.16. The van der Waals surface area contributed by atoms with Crippen molar-refractivity contribution in [2.75, 3.05) is 5.32 Å². The molecule has 1 aliphatic rings. The third-order valence-corrected chi connectivity index (χ3v) is 6.60. The molecule has 3 aromatic rings. The second kappa shape index (κ2) is 7.25. The highest BCUT2D eigenvalue weighted by Crippen LogP contribution is 2.49. The topological polar surface area (TPSA) is 68.0 Å². The number of thiazole rings is 1. The fraction of sp³-hybridized carbons (Fsp3) is 0.316. The molecule has 1 aliphatic carbocycles. The van der Waals surface area contributed by atoms with Crippen molar-refractivity contribution >= 4 is 34.1 Å². The number of hydrogen-bond acceptors (Lipinski definition) is 6. The Bertz CT molecular complexity index is 900. The van der Waals surface area contributed by atoms with Crippen molar-refractivity contribution in [3.63, 3.8) is 0 Å². The molecule has 7 heteroatoms. The van der Waals surface area contributed by atoms with E-state index in [0.717, 1.165) is 34.8 Å². The smallest absolute Gasteiger partial charge is 0.236 e. The molecule has 0 bridgehead atoms. The van der Waals surface area contributed by atoms with E-state index in [1.807, 2.05) is 37.3 Å². The van der Waals surface area contributed by atoms with Gasteiger partial charge in [-0.2, -0.15) is 0 Å². The van der Waals surface area contributed by atoms with Crippen molar-refractivity contribution in [1.29, 1.82) is 0 Å². The van der Waals surface area contributed by atoms with Gasteiger partial charge < -0.3 is 9.73 Å². The molecule has 5 nitrogen and oxygen atoms in total. The molecule has 2 heterocycles. The second-order valence-corrected chi connectivity index (χ2v) is 8.56. The zero-order valence-electron chi connectivity index (χ0n) is 14.4. The van der Waals surface area contributed by atoms with Gasteiger partial charge in [-0.25, -0.2) is 9.97 Å². The van der Waals surface area contributed by atoms with E-state index >= 15 is 0 Å². The third-order valence-electron chi connectivity index (χ3n) is 4.50. The Hall–Kier alpha value is -2.12. The first kappa shape index (κ1) is 17.3. The number of thioether (sulfide) groups is 1. The van der Waals surface area contributed by atoms with Crippen molar-refractivity contribution in [2.24, 2.45) is 0 Å². The monoisotopic (exact) mass is 385 g/mol. The maximum atomic E-state index is 12.7. The van der Waals surface area contributed by atoms with Crippen molar-refractivity contribution in [3.05, 3.63) is 59.9 Å². The van der Waals surface area contributed by atoms with E-state index in [1.165, 1.54) is 11.3 Å². The Morgan fingerprint density at radius 1 is 1.27 bits per heavy atom. The standard InChI is InChI=1S/C19H19N3O2S2/c1-2-14-10-20-15(24-14)12-25-16-11-21-18(26-16)22-17(23)19(8-9-19)13-6-4-3-5-7-13/h3-7,10-11H,2,8-9,12H2,1H3,(H,21,22,23). The molecule has 0 aliphatic heterocycles. The van der Waals surface area contributed by atoms with Gasteiger partial charge in [-0.1, -0.05) is 48.6 Å². The van der Waals surface area contributed by atoms with Crippen LogP contribution in [0, 0.1) is 0 Å². The molecule has 134 valence electrons. The quantitative estimate of drug-likeness (QED) is 0.599. The molecule has 0 unspecified atom stereocenters. The molecule has 26 heavy (non-hydrogen) atoms. The number of benzene rings is 1. The molecular formula is C19H19N3O2S2. The van der Waals surface area contributed by atoms with Gasteiger partial charge in [-0.05, 0) is 18.4 Å². The van der Waals surface area contributed by atoms with Crippen molar-refractivity contribution in [1.82, 2.24) is 9.97 Å². The summed E-state index contributed by atoms with van der Waals surface area (Å²) < 4.78 is 6.64. The lowest BCUT2D eigenvalue weighted by Gasteiger charge is -2.14. The minimum Gasteiger partial charge on any atom is -0.445 e. The van der Waals surface area contributed by atoms with Gasteiger partial charge in [0.1, 0.15) is 5.76 Å². The summed E-state index contributed by atoms with van der Waals surface area (Å²) in [6.07, 6.45) is 6.18. The lowest BCUT2D eigenvalue weighted by molar-refractivity contribution is -0.118. The van der Waals surface area contributed by atoms with E-state index in [-0.39, 0.29) is 11.3 Å². The highest BCUT2D eigenvalue weighted by atomic mass is 32.2. The molecule has 0 spiro atoms. The summed E-state index contributed by atoms with van der Waals surface area (Å²) in [4.78, 5) is 21.3. The Labute approximate surface area is 160 Å². The molecule has 4 rings (SSSR count). The van der Waals surface area contributed by atoms with Crippen LogP contribution in [0.25, 0.3) is 0 Å². The van der Waals surface area contributed by atoms with Gasteiger partial charge in [-0.3, -0.25) is 4.79 Å². The summed E-state index contributed by atoms with van der Waals surface area (Å²) >= 11 is 3.10. The second-order valence-electron chi connectivity index (χ2n) is 6.25. The van der Waals surface area contributed by atoms with Gasteiger partial charge in [-0.15, -0.1) is 11.8 Å². The van der Waals surface area contributed by atoms with E-state index in [4.69, 9.17) is 4.42 Å². The first-order valence-electron chi connectivity index (χ1n) is 8.59. The first-order chi connectivity index (χ1) is 12.7. The number of aromatic nitrogens is 2. The molecule has 1 fully saturated rings. The summed E-state index contributed by atoms with van der Waals surface area (Å²) in [5, 5.41) is 3.63. The van der Waals surface area contributed by atoms with Gasteiger partial charge in [0.2, 0.25) is 11.8 Å². The summed E-state index contributed by atoms with van der Waals surface area (Å²) in [5.41, 5.74) is 0.703. The predicted molar refractivity (Wildman–Crippen MR) is 104 cm³/mol. The molecule has 1 N–H and O–H groups in total. The van der Waals surface area contributed by atoms with E-state index < -0.39 is 0 Å². The lowest BCUT2D eigenvalue weighted by atomic mass is 9.95. The molecule has 1 amide bonds. The van der Waals surface area contributed by atoms with Crippen molar-refractivity contribution in [2.45, 2.75) is 41.6 Å². The number of anilines is 1. The highest BCUT2D eigenvalue weighted by Gasteiger charge is 2.51. The number of rotatable bonds is 7. The fourth-order valence-corrected chi connectivity index (χ4v) is 4.56. The van der Waals surface area contributed by atoms with Gasteiger partial charge in [0.05, 0.1) is 27.8 Å². The van der Waals surface area contributed by atoms with E-state index in [1.54, 1.807) is 24.2 Å². The van der Waals surface area contributed by atoms with Crippen LogP contribution < -0.4 is 5.32 Å². The Balaban J connectivity index is 1.37. The summed E-state index contributed by atoms with van der Waals surface area (Å²) in [7, 11) is 0. The zero-order valence-corrected chi connectivity index (χ0v) is 16.0. The van der Waals surface area contributed by atoms with E-state index in [2.05, 4.69) is 15.3 Å². The molecule has 1 saturated carbocycles. The molecule has 2 aromatic heterocycles. The molecule has 1 aromatic carbocycles. The Morgan fingerprint density at radius 2 is 2.08 bits per heavy atom. The van der Waals surface area contributed by atoms with Crippen LogP contribution >= 0.6 is 23.1 Å². The zero-order chi connectivity index (χ0) is 18.0. The SMILES string of the molecule is CCc1cnc(CSc2cnc(NC(=O)C3(c4ccccc4)CC3)s2)o1. The fourth-order valence-electron chi connectivity index (χ4n) is 2.84. The highest BCUT2D eigenvalue weighted by molar-refractivity contribution is 8.00. The van der Waals surface area contributed by atoms with Crippen molar-refractivity contribution < 1.29 is 9.21 Å². The van der Waals surface area contributed by atoms with Gasteiger partial charge in [0, 0.05) is 6.42 Å². The van der Waals surface area contributed by atoms with Crippen LogP contribution in [0.2, 0.25) is 0 Å². The minimum absolute atomic E-state index is 0.0369. The maximum Gasteiger partial charge on any atom is 0.236 e. The number of aryl methyl sites for hydroxylation is 1. The number of amides is 1. The Kier molecular flexibility index (Phi) is 4.82. The number of oxazole rings is 1. The lowest BCUT2D eigenvalue weighted by Crippen LogP contribution is -2.27. The predicted octanol–water partition coefficient (Wildman–Crippen LogP) is 4.66. The van der Waals surface area contributed by atoms with Crippen LogP contribution in [0.1, 0.15) is 37.0 Å². The summed E-state index contributed by atoms with van der Waals surface area (Å²) in [6.45, 7) is 2.04. The van der Waals surface area contributed by atoms with Crippen LogP contribution in [-0.2, 0) is 22.4 Å². The number of carbonyl (C=O) groups excluding carboxylic acids is 1. The number of hydrogen-bond donors (Lipinski definition) is 1.